The molecule has 0 aliphatic heterocycles. The normalized spacial score (nSPS) is 10.3. The Balaban J connectivity index is 1.99. The predicted molar refractivity (Wildman–Crippen MR) is 57.6 cm³/mol. The van der Waals surface area contributed by atoms with Crippen molar-refractivity contribution in [2.45, 2.75) is 6.54 Å². The smallest absolute Gasteiger partial charge is 0.223 e. The topological polar surface area (TPSA) is 55.6 Å². The van der Waals surface area contributed by atoms with Gasteiger partial charge in [0.1, 0.15) is 5.82 Å². The molecule has 1 N–H and O–H groups in total. The van der Waals surface area contributed by atoms with Crippen molar-refractivity contribution in [2.24, 2.45) is 7.05 Å². The van der Waals surface area contributed by atoms with Gasteiger partial charge in [0.25, 0.3) is 0 Å². The number of nitrogens with one attached hydrogen (secondary N) is 1. The summed E-state index contributed by atoms with van der Waals surface area (Å²) >= 11 is 5.67. The summed E-state index contributed by atoms with van der Waals surface area (Å²) in [6.45, 7) is 0.588. The minimum Gasteiger partial charge on any atom is -0.347 e. The molecule has 0 aromatic carbocycles. The summed E-state index contributed by atoms with van der Waals surface area (Å²) in [5.41, 5.74) is 0. The van der Waals surface area contributed by atoms with Crippen molar-refractivity contribution in [2.75, 3.05) is 5.32 Å². The molecule has 0 atom stereocenters. The van der Waals surface area contributed by atoms with Crippen molar-refractivity contribution in [1.82, 2.24) is 19.5 Å². The maximum absolute atomic E-state index is 5.67. The van der Waals surface area contributed by atoms with E-state index in [4.69, 9.17) is 11.6 Å². The van der Waals surface area contributed by atoms with Gasteiger partial charge in [-0.1, -0.05) is 11.6 Å². The molecular formula is C9H10ClN5. The first kappa shape index (κ1) is 9.92. The van der Waals surface area contributed by atoms with Crippen molar-refractivity contribution in [1.29, 1.82) is 0 Å². The third-order valence-corrected chi connectivity index (χ3v) is 2.14. The molecule has 2 aromatic heterocycles. The number of anilines is 1. The lowest BCUT2D eigenvalue weighted by molar-refractivity contribution is 0.808. The van der Waals surface area contributed by atoms with Crippen molar-refractivity contribution in [3.05, 3.63) is 35.6 Å². The van der Waals surface area contributed by atoms with Crippen LogP contribution in [-0.2, 0) is 13.6 Å². The van der Waals surface area contributed by atoms with Crippen LogP contribution in [0.25, 0.3) is 0 Å². The fraction of sp³-hybridized carbons (Fsp3) is 0.222. The van der Waals surface area contributed by atoms with Crippen LogP contribution in [-0.4, -0.2) is 19.5 Å². The number of imidazole rings is 1. The molecule has 0 bridgehead atoms. The minimum atomic E-state index is 0.526. The van der Waals surface area contributed by atoms with Gasteiger partial charge in [0.2, 0.25) is 5.95 Å². The summed E-state index contributed by atoms with van der Waals surface area (Å²) in [4.78, 5) is 12.2. The lowest BCUT2D eigenvalue weighted by Gasteiger charge is -2.04. The van der Waals surface area contributed by atoms with Crippen LogP contribution < -0.4 is 5.32 Å². The van der Waals surface area contributed by atoms with Crippen molar-refractivity contribution in [3.8, 4) is 0 Å². The van der Waals surface area contributed by atoms with Crippen LogP contribution in [0.4, 0.5) is 5.95 Å². The van der Waals surface area contributed by atoms with Crippen LogP contribution in [0.5, 0.6) is 0 Å². The molecule has 0 unspecified atom stereocenters. The van der Waals surface area contributed by atoms with Gasteiger partial charge in [0, 0.05) is 19.4 Å². The highest BCUT2D eigenvalue weighted by molar-refractivity contribution is 6.30. The summed E-state index contributed by atoms with van der Waals surface area (Å²) in [6.07, 6.45) is 6.74. The number of aromatic nitrogens is 4. The van der Waals surface area contributed by atoms with Crippen LogP contribution in [0.1, 0.15) is 5.82 Å². The Labute approximate surface area is 92.1 Å². The summed E-state index contributed by atoms with van der Waals surface area (Å²) in [7, 11) is 1.94. The SMILES string of the molecule is Cn1ccnc1CNc1ncc(Cl)cn1. The van der Waals surface area contributed by atoms with Gasteiger partial charge in [0.15, 0.2) is 0 Å². The van der Waals surface area contributed by atoms with Crippen molar-refractivity contribution >= 4 is 17.5 Å². The highest BCUT2D eigenvalue weighted by Crippen LogP contribution is 2.06. The Bertz CT molecular complexity index is 436. The number of halogens is 1. The van der Waals surface area contributed by atoms with E-state index in [9.17, 15) is 0 Å². The first-order chi connectivity index (χ1) is 7.25. The van der Waals surface area contributed by atoms with Gasteiger partial charge in [-0.15, -0.1) is 0 Å². The minimum absolute atomic E-state index is 0.526. The molecular weight excluding hydrogens is 214 g/mol. The van der Waals surface area contributed by atoms with Crippen LogP contribution in [0, 0.1) is 0 Å². The number of rotatable bonds is 3. The fourth-order valence-electron chi connectivity index (χ4n) is 1.13. The zero-order valence-electron chi connectivity index (χ0n) is 8.18. The first-order valence-electron chi connectivity index (χ1n) is 4.43. The van der Waals surface area contributed by atoms with Crippen LogP contribution in [0.3, 0.4) is 0 Å². The lowest BCUT2D eigenvalue weighted by atomic mass is 10.6. The number of hydrogen-bond donors (Lipinski definition) is 1. The van der Waals surface area contributed by atoms with E-state index < -0.39 is 0 Å². The van der Waals surface area contributed by atoms with Gasteiger partial charge in [0.05, 0.1) is 24.0 Å². The van der Waals surface area contributed by atoms with E-state index in [0.29, 0.717) is 17.5 Å². The molecule has 0 fully saturated rings. The average Bonchev–Trinajstić information content (AvgIpc) is 2.63. The predicted octanol–water partition coefficient (Wildman–Crippen LogP) is 1.48. The number of nitrogens with zero attached hydrogens (tertiary/aromatic N) is 4. The van der Waals surface area contributed by atoms with Gasteiger partial charge >= 0.3 is 0 Å². The van der Waals surface area contributed by atoms with Gasteiger partial charge in [-0.2, -0.15) is 0 Å². The van der Waals surface area contributed by atoms with Crippen molar-refractivity contribution < 1.29 is 0 Å². The Morgan fingerprint density at radius 2 is 2.07 bits per heavy atom. The van der Waals surface area contributed by atoms with Crippen molar-refractivity contribution in [3.63, 3.8) is 0 Å². The standard InChI is InChI=1S/C9H10ClN5/c1-15-3-2-11-8(15)6-14-9-12-4-7(10)5-13-9/h2-5H,6H2,1H3,(H,12,13,14). The van der Waals surface area contributed by atoms with Gasteiger partial charge in [-0.3, -0.25) is 0 Å². The molecule has 2 heterocycles. The molecule has 2 aromatic rings. The Morgan fingerprint density at radius 1 is 1.33 bits per heavy atom. The van der Waals surface area contributed by atoms with Crippen LogP contribution >= 0.6 is 11.6 Å². The second kappa shape index (κ2) is 4.27. The molecule has 0 aliphatic rings. The summed E-state index contributed by atoms with van der Waals surface area (Å²) in [5, 5.41) is 3.58. The quantitative estimate of drug-likeness (QED) is 0.856. The zero-order chi connectivity index (χ0) is 10.7. The highest BCUT2D eigenvalue weighted by atomic mass is 35.5. The maximum atomic E-state index is 5.67. The molecule has 0 radical (unpaired) electrons. The molecule has 0 spiro atoms. The molecule has 0 aliphatic carbocycles. The molecule has 0 saturated carbocycles. The Hall–Kier alpha value is -1.62. The third kappa shape index (κ3) is 2.44. The van der Waals surface area contributed by atoms with Crippen LogP contribution in [0.15, 0.2) is 24.8 Å². The zero-order valence-corrected chi connectivity index (χ0v) is 8.94. The molecule has 5 nitrogen and oxygen atoms in total. The summed E-state index contributed by atoms with van der Waals surface area (Å²) < 4.78 is 1.93. The first-order valence-corrected chi connectivity index (χ1v) is 4.81. The maximum Gasteiger partial charge on any atom is 0.223 e. The average molecular weight is 224 g/mol. The second-order valence-electron chi connectivity index (χ2n) is 3.03. The molecule has 15 heavy (non-hydrogen) atoms. The molecule has 2 rings (SSSR count). The Kier molecular flexibility index (Phi) is 2.82. The third-order valence-electron chi connectivity index (χ3n) is 1.95. The summed E-state index contributed by atoms with van der Waals surface area (Å²) in [5.74, 6) is 1.47. The van der Waals surface area contributed by atoms with Crippen LogP contribution in [0.2, 0.25) is 5.02 Å². The number of aryl methyl sites for hydroxylation is 1. The summed E-state index contributed by atoms with van der Waals surface area (Å²) in [6, 6.07) is 0. The fourth-order valence-corrected chi connectivity index (χ4v) is 1.23. The second-order valence-corrected chi connectivity index (χ2v) is 3.47. The monoisotopic (exact) mass is 223 g/mol. The van der Waals surface area contributed by atoms with Gasteiger partial charge in [-0.05, 0) is 0 Å². The largest absolute Gasteiger partial charge is 0.347 e. The molecule has 78 valence electrons. The van der Waals surface area contributed by atoms with E-state index in [1.54, 1.807) is 18.6 Å². The van der Waals surface area contributed by atoms with E-state index in [1.807, 2.05) is 17.8 Å². The molecule has 0 amide bonds. The Morgan fingerprint density at radius 3 is 2.67 bits per heavy atom. The lowest BCUT2D eigenvalue weighted by Crippen LogP contribution is -2.07. The van der Waals surface area contributed by atoms with E-state index >= 15 is 0 Å². The van der Waals surface area contributed by atoms with Gasteiger partial charge in [-0.25, -0.2) is 15.0 Å². The van der Waals surface area contributed by atoms with Gasteiger partial charge < -0.3 is 9.88 Å². The number of hydrogen-bond acceptors (Lipinski definition) is 4. The van der Waals surface area contributed by atoms with E-state index in [2.05, 4.69) is 20.3 Å². The molecule has 6 heteroatoms. The molecule has 0 saturated heterocycles. The van der Waals surface area contributed by atoms with E-state index in [-0.39, 0.29) is 0 Å². The highest BCUT2D eigenvalue weighted by Gasteiger charge is 2.00. The van der Waals surface area contributed by atoms with E-state index in [1.165, 1.54) is 0 Å². The van der Waals surface area contributed by atoms with E-state index in [0.717, 1.165) is 5.82 Å².